The van der Waals surface area contributed by atoms with Crippen LogP contribution in [-0.2, 0) is 25.7 Å². The number of ether oxygens (including phenoxy) is 2. The van der Waals surface area contributed by atoms with Gasteiger partial charge in [0.05, 0.1) is 18.1 Å². The number of rotatable bonds is 6. The van der Waals surface area contributed by atoms with Crippen molar-refractivity contribution >= 4 is 11.9 Å². The summed E-state index contributed by atoms with van der Waals surface area (Å²) in [6.07, 6.45) is 1.59. The fraction of sp³-hybridized carbons (Fsp3) is 0.500. The van der Waals surface area contributed by atoms with E-state index in [1.54, 1.807) is 33.8 Å². The molecule has 28 heavy (non-hydrogen) atoms. The minimum absolute atomic E-state index is 0.213. The summed E-state index contributed by atoms with van der Waals surface area (Å²) in [5.74, 6) is -8.52. The highest BCUT2D eigenvalue weighted by Gasteiger charge is 2.61. The maximum absolute atomic E-state index is 13.9. The van der Waals surface area contributed by atoms with Crippen molar-refractivity contribution in [3.8, 4) is 0 Å². The topological polar surface area (TPSA) is 52.6 Å². The van der Waals surface area contributed by atoms with Gasteiger partial charge in [-0.05, 0) is 32.1 Å². The van der Waals surface area contributed by atoms with Crippen LogP contribution in [0.5, 0.6) is 0 Å². The van der Waals surface area contributed by atoms with Crippen LogP contribution >= 0.6 is 0 Å². The minimum Gasteiger partial charge on any atom is -0.463 e. The lowest BCUT2D eigenvalue weighted by Gasteiger charge is -2.10. The quantitative estimate of drug-likeness (QED) is 0.307. The Balaban J connectivity index is 2.13. The molecule has 0 aliphatic heterocycles. The average molecular weight is 402 g/mol. The van der Waals surface area contributed by atoms with Crippen LogP contribution in [0.3, 0.4) is 0 Å². The van der Waals surface area contributed by atoms with E-state index in [9.17, 15) is 27.2 Å². The monoisotopic (exact) mass is 402 g/mol. The van der Waals surface area contributed by atoms with Crippen LogP contribution in [0, 0.1) is 47.4 Å². The summed E-state index contributed by atoms with van der Waals surface area (Å²) in [4.78, 5) is 24.1. The molecule has 0 spiro atoms. The number of hydrogen-bond acceptors (Lipinski definition) is 4. The second kappa shape index (κ2) is 7.93. The number of halogens is 4. The fourth-order valence-electron chi connectivity index (χ4n) is 3.17. The molecule has 0 N–H and O–H groups in total. The van der Waals surface area contributed by atoms with Crippen LogP contribution in [0.2, 0.25) is 0 Å². The zero-order chi connectivity index (χ0) is 21.4. The second-order valence-electron chi connectivity index (χ2n) is 7.36. The summed E-state index contributed by atoms with van der Waals surface area (Å²) in [5, 5.41) is 0. The molecule has 0 bridgehead atoms. The molecule has 0 heterocycles. The summed E-state index contributed by atoms with van der Waals surface area (Å²) in [7, 11) is 0. The van der Waals surface area contributed by atoms with E-state index in [-0.39, 0.29) is 12.5 Å². The molecule has 2 atom stereocenters. The molecule has 1 aromatic rings. The van der Waals surface area contributed by atoms with Crippen molar-refractivity contribution < 1.29 is 36.6 Å². The maximum atomic E-state index is 13.9. The van der Waals surface area contributed by atoms with Gasteiger partial charge in [-0.15, -0.1) is 0 Å². The molecule has 0 unspecified atom stereocenters. The summed E-state index contributed by atoms with van der Waals surface area (Å²) >= 11 is 0. The summed E-state index contributed by atoms with van der Waals surface area (Å²) < 4.78 is 64.8. The number of benzene rings is 1. The standard InChI is InChI=1S/C20H22F4O4/c1-6-27-18(25)9(2)7-12-13(20(12,4)5)19(26)28-8-11-16(23)14(21)10(3)15(22)17(11)24/h7,12-13H,6,8H2,1-5H3/b9-7+/t12-,13+/m1/s1. The number of carbonyl (C=O) groups is 2. The van der Waals surface area contributed by atoms with Crippen molar-refractivity contribution in [2.24, 2.45) is 17.3 Å². The van der Waals surface area contributed by atoms with Crippen molar-refractivity contribution in [3.05, 3.63) is 46.0 Å². The first-order chi connectivity index (χ1) is 12.9. The molecule has 0 saturated heterocycles. The van der Waals surface area contributed by atoms with Gasteiger partial charge in [0.2, 0.25) is 0 Å². The highest BCUT2D eigenvalue weighted by Crippen LogP contribution is 2.60. The number of hydrogen-bond donors (Lipinski definition) is 0. The van der Waals surface area contributed by atoms with Crippen LogP contribution in [-0.4, -0.2) is 18.5 Å². The first-order valence-electron chi connectivity index (χ1n) is 8.78. The largest absolute Gasteiger partial charge is 0.463 e. The second-order valence-corrected chi connectivity index (χ2v) is 7.36. The molecule has 1 fully saturated rings. The normalized spacial score (nSPS) is 20.7. The van der Waals surface area contributed by atoms with Gasteiger partial charge >= 0.3 is 11.9 Å². The van der Waals surface area contributed by atoms with Gasteiger partial charge in [0.25, 0.3) is 0 Å². The van der Waals surface area contributed by atoms with Crippen LogP contribution in [0.25, 0.3) is 0 Å². The van der Waals surface area contributed by atoms with Crippen LogP contribution in [0.1, 0.15) is 38.8 Å². The third-order valence-electron chi connectivity index (χ3n) is 5.12. The Hall–Kier alpha value is -2.38. The number of allylic oxidation sites excluding steroid dienone is 1. The van der Waals surface area contributed by atoms with Crippen molar-refractivity contribution in [1.29, 1.82) is 0 Å². The molecular weight excluding hydrogens is 380 g/mol. The molecule has 1 aliphatic carbocycles. The molecular formula is C20H22F4O4. The Morgan fingerprint density at radius 2 is 1.57 bits per heavy atom. The third kappa shape index (κ3) is 3.91. The summed E-state index contributed by atoms with van der Waals surface area (Å²) in [5.41, 5.74) is -1.99. The summed E-state index contributed by atoms with van der Waals surface area (Å²) in [6.45, 7) is 6.94. The minimum atomic E-state index is -1.59. The molecule has 0 radical (unpaired) electrons. The van der Waals surface area contributed by atoms with Gasteiger partial charge in [-0.25, -0.2) is 22.4 Å². The van der Waals surface area contributed by atoms with E-state index < -0.39 is 64.3 Å². The van der Waals surface area contributed by atoms with Crippen molar-refractivity contribution in [3.63, 3.8) is 0 Å². The zero-order valence-corrected chi connectivity index (χ0v) is 16.3. The molecule has 0 amide bonds. The van der Waals surface area contributed by atoms with Gasteiger partial charge in [-0.1, -0.05) is 19.9 Å². The zero-order valence-electron chi connectivity index (χ0n) is 16.3. The van der Waals surface area contributed by atoms with E-state index in [1.807, 2.05) is 0 Å². The lowest BCUT2D eigenvalue weighted by atomic mass is 10.1. The van der Waals surface area contributed by atoms with Gasteiger partial charge in [-0.3, -0.25) is 4.79 Å². The SMILES string of the molecule is CCOC(=O)/C(C)=C/[C@@H]1[C@@H](C(=O)OCc2c(F)c(F)c(C)c(F)c2F)C1(C)C. The lowest BCUT2D eigenvalue weighted by molar-refractivity contribution is -0.147. The molecule has 8 heteroatoms. The van der Waals surface area contributed by atoms with Gasteiger partial charge in [0.1, 0.15) is 6.61 Å². The number of esters is 2. The van der Waals surface area contributed by atoms with E-state index in [0.29, 0.717) is 5.57 Å². The van der Waals surface area contributed by atoms with Crippen LogP contribution in [0.4, 0.5) is 17.6 Å². The van der Waals surface area contributed by atoms with E-state index >= 15 is 0 Å². The predicted octanol–water partition coefficient (Wildman–Crippen LogP) is 4.38. The van der Waals surface area contributed by atoms with Crippen molar-refractivity contribution in [1.82, 2.24) is 0 Å². The molecule has 1 aliphatic rings. The Labute approximate surface area is 160 Å². The predicted molar refractivity (Wildman–Crippen MR) is 92.0 cm³/mol. The maximum Gasteiger partial charge on any atom is 0.333 e. The average Bonchev–Trinajstić information content (AvgIpc) is 3.18. The van der Waals surface area contributed by atoms with E-state index in [1.165, 1.54) is 0 Å². The van der Waals surface area contributed by atoms with Crippen molar-refractivity contribution in [2.45, 2.75) is 41.2 Å². The molecule has 154 valence electrons. The first-order valence-corrected chi connectivity index (χ1v) is 8.78. The Bertz CT molecular complexity index is 816. The van der Waals surface area contributed by atoms with Gasteiger partial charge in [0.15, 0.2) is 23.3 Å². The molecule has 4 nitrogen and oxygen atoms in total. The van der Waals surface area contributed by atoms with Crippen LogP contribution in [0.15, 0.2) is 11.6 Å². The highest BCUT2D eigenvalue weighted by atomic mass is 19.2. The highest BCUT2D eigenvalue weighted by molar-refractivity contribution is 5.88. The molecule has 0 aromatic heterocycles. The fourth-order valence-corrected chi connectivity index (χ4v) is 3.17. The molecule has 2 rings (SSSR count). The van der Waals surface area contributed by atoms with Gasteiger partial charge < -0.3 is 9.47 Å². The van der Waals surface area contributed by atoms with Gasteiger partial charge in [-0.2, -0.15) is 0 Å². The smallest absolute Gasteiger partial charge is 0.333 e. The first kappa shape index (κ1) is 21.9. The van der Waals surface area contributed by atoms with Crippen LogP contribution < -0.4 is 0 Å². The Kier molecular flexibility index (Phi) is 6.21. The van der Waals surface area contributed by atoms with Gasteiger partial charge in [0, 0.05) is 11.1 Å². The molecule has 1 aromatic carbocycles. The van der Waals surface area contributed by atoms with E-state index in [2.05, 4.69) is 0 Å². The Morgan fingerprint density at radius 1 is 1.04 bits per heavy atom. The van der Waals surface area contributed by atoms with E-state index in [0.717, 1.165) is 6.92 Å². The van der Waals surface area contributed by atoms with Crippen molar-refractivity contribution in [2.75, 3.05) is 6.61 Å². The lowest BCUT2D eigenvalue weighted by Crippen LogP contribution is -2.14. The number of carbonyl (C=O) groups excluding carboxylic acids is 2. The Morgan fingerprint density at radius 3 is 2.07 bits per heavy atom. The molecule has 1 saturated carbocycles. The summed E-state index contributed by atoms with van der Waals surface area (Å²) in [6, 6.07) is 0. The van der Waals surface area contributed by atoms with E-state index in [4.69, 9.17) is 9.47 Å². The third-order valence-corrected chi connectivity index (χ3v) is 5.12.